The topological polar surface area (TPSA) is 66.5 Å². The number of aromatic nitrogens is 1. The molecule has 1 amide bonds. The van der Waals surface area contributed by atoms with Gasteiger partial charge < -0.3 is 15.4 Å². The second-order valence-corrected chi connectivity index (χ2v) is 8.79. The normalized spacial score (nSPS) is 17.8. The Morgan fingerprint density at radius 3 is 2.66 bits per heavy atom. The second-order valence-electron chi connectivity index (χ2n) is 8.39. The molecular formula is C25H27ClN4O2. The Kier molecular flexibility index (Phi) is 6.26. The van der Waals surface area contributed by atoms with E-state index in [-0.39, 0.29) is 11.9 Å². The molecule has 3 aromatic rings. The van der Waals surface area contributed by atoms with Crippen LogP contribution in [0.25, 0.3) is 10.9 Å². The highest BCUT2D eigenvalue weighted by molar-refractivity contribution is 6.31. The number of fused-ring (bicyclic) bond motifs is 1. The van der Waals surface area contributed by atoms with Gasteiger partial charge in [0.05, 0.1) is 30.3 Å². The summed E-state index contributed by atoms with van der Waals surface area (Å²) in [5, 5.41) is 8.22. The maximum absolute atomic E-state index is 12.9. The molecule has 2 heterocycles. The molecule has 2 aromatic carbocycles. The van der Waals surface area contributed by atoms with Gasteiger partial charge in [0.2, 0.25) is 0 Å². The van der Waals surface area contributed by atoms with Crippen LogP contribution in [0, 0.1) is 0 Å². The number of rotatable bonds is 7. The number of nitrogens with zero attached hydrogens (tertiary/aromatic N) is 2. The Bertz CT molecular complexity index is 1110. The molecule has 1 aromatic heterocycles. The van der Waals surface area contributed by atoms with Crippen molar-refractivity contribution in [1.29, 1.82) is 0 Å². The predicted molar refractivity (Wildman–Crippen MR) is 127 cm³/mol. The molecule has 5 rings (SSSR count). The lowest BCUT2D eigenvalue weighted by Gasteiger charge is -2.35. The van der Waals surface area contributed by atoms with Gasteiger partial charge >= 0.3 is 0 Å². The lowest BCUT2D eigenvalue weighted by molar-refractivity contribution is 0.0187. The quantitative estimate of drug-likeness (QED) is 0.562. The van der Waals surface area contributed by atoms with Gasteiger partial charge in [0.15, 0.2) is 0 Å². The second kappa shape index (κ2) is 9.45. The van der Waals surface area contributed by atoms with Gasteiger partial charge in [-0.15, -0.1) is 0 Å². The van der Waals surface area contributed by atoms with Gasteiger partial charge in [-0.3, -0.25) is 9.69 Å². The predicted octanol–water partition coefficient (Wildman–Crippen LogP) is 4.27. The highest BCUT2D eigenvalue weighted by atomic mass is 35.5. The van der Waals surface area contributed by atoms with E-state index in [1.807, 2.05) is 48.5 Å². The van der Waals surface area contributed by atoms with Crippen molar-refractivity contribution in [2.75, 3.05) is 38.2 Å². The number of ether oxygens (including phenoxy) is 1. The Balaban J connectivity index is 1.43. The van der Waals surface area contributed by atoms with Gasteiger partial charge in [0.25, 0.3) is 5.91 Å². The molecule has 1 unspecified atom stereocenters. The van der Waals surface area contributed by atoms with Gasteiger partial charge in [-0.1, -0.05) is 48.0 Å². The number of pyridine rings is 1. The maximum Gasteiger partial charge on any atom is 0.252 e. The third-order valence-corrected chi connectivity index (χ3v) is 6.44. The van der Waals surface area contributed by atoms with Crippen molar-refractivity contribution in [1.82, 2.24) is 15.2 Å². The van der Waals surface area contributed by atoms with Crippen LogP contribution in [-0.2, 0) is 4.74 Å². The standard InChI is InChI=1S/C25H27ClN4O2/c26-21-7-3-1-6-19(21)23(30-11-13-32-14-12-30)16-27-24-15-20(25(31)28-17-9-10-17)18-5-2-4-8-22(18)29-24/h1-8,15,17,23H,9-14,16H2,(H,27,29)(H,28,31). The van der Waals surface area contributed by atoms with Crippen molar-refractivity contribution < 1.29 is 9.53 Å². The van der Waals surface area contributed by atoms with Crippen LogP contribution in [0.15, 0.2) is 54.6 Å². The highest BCUT2D eigenvalue weighted by Crippen LogP contribution is 2.29. The number of benzene rings is 2. The van der Waals surface area contributed by atoms with E-state index in [0.717, 1.165) is 47.4 Å². The van der Waals surface area contributed by atoms with E-state index in [0.29, 0.717) is 37.2 Å². The van der Waals surface area contributed by atoms with Crippen LogP contribution in [0.3, 0.4) is 0 Å². The Morgan fingerprint density at radius 1 is 1.12 bits per heavy atom. The van der Waals surface area contributed by atoms with Gasteiger partial charge in [-0.2, -0.15) is 0 Å². The Labute approximate surface area is 192 Å². The Hall–Kier alpha value is -2.67. The molecule has 1 aliphatic carbocycles. The zero-order valence-electron chi connectivity index (χ0n) is 17.9. The maximum atomic E-state index is 12.9. The van der Waals surface area contributed by atoms with Crippen LogP contribution in [0.2, 0.25) is 5.02 Å². The third kappa shape index (κ3) is 4.72. The average molecular weight is 451 g/mol. The van der Waals surface area contributed by atoms with Crippen LogP contribution in [0.5, 0.6) is 0 Å². The van der Waals surface area contributed by atoms with E-state index >= 15 is 0 Å². The number of carbonyl (C=O) groups excluding carboxylic acids is 1. The molecular weight excluding hydrogens is 424 g/mol. The minimum Gasteiger partial charge on any atom is -0.379 e. The number of hydrogen-bond donors (Lipinski definition) is 2. The zero-order chi connectivity index (χ0) is 21.9. The molecule has 2 fully saturated rings. The molecule has 32 heavy (non-hydrogen) atoms. The van der Waals surface area contributed by atoms with Crippen LogP contribution in [-0.4, -0.2) is 54.7 Å². The zero-order valence-corrected chi connectivity index (χ0v) is 18.6. The lowest BCUT2D eigenvalue weighted by Crippen LogP contribution is -2.41. The van der Waals surface area contributed by atoms with Crippen molar-refractivity contribution in [3.05, 3.63) is 70.7 Å². The van der Waals surface area contributed by atoms with Crippen LogP contribution >= 0.6 is 11.6 Å². The van der Waals surface area contributed by atoms with E-state index in [4.69, 9.17) is 21.3 Å². The van der Waals surface area contributed by atoms with Crippen molar-refractivity contribution in [2.24, 2.45) is 0 Å². The Morgan fingerprint density at radius 2 is 1.88 bits per heavy atom. The summed E-state index contributed by atoms with van der Waals surface area (Å²) in [5.74, 6) is 0.653. The number of carbonyl (C=O) groups is 1. The lowest BCUT2D eigenvalue weighted by atomic mass is 10.0. The molecule has 6 nitrogen and oxygen atoms in total. The van der Waals surface area contributed by atoms with Crippen molar-refractivity contribution in [3.8, 4) is 0 Å². The molecule has 2 N–H and O–H groups in total. The summed E-state index contributed by atoms with van der Waals surface area (Å²) < 4.78 is 5.55. The van der Waals surface area contributed by atoms with Crippen molar-refractivity contribution in [2.45, 2.75) is 24.9 Å². The first kappa shape index (κ1) is 21.2. The number of halogens is 1. The van der Waals surface area contributed by atoms with Crippen molar-refractivity contribution in [3.63, 3.8) is 0 Å². The third-order valence-electron chi connectivity index (χ3n) is 6.10. The van der Waals surface area contributed by atoms with Gasteiger partial charge in [0, 0.05) is 36.1 Å². The molecule has 166 valence electrons. The summed E-state index contributed by atoms with van der Waals surface area (Å²) in [6.07, 6.45) is 2.11. The summed E-state index contributed by atoms with van der Waals surface area (Å²) in [6.45, 7) is 3.73. The van der Waals surface area contributed by atoms with E-state index in [9.17, 15) is 4.79 Å². The van der Waals surface area contributed by atoms with E-state index < -0.39 is 0 Å². The van der Waals surface area contributed by atoms with Crippen LogP contribution in [0.1, 0.15) is 34.8 Å². The minimum atomic E-state index is -0.0371. The number of hydrogen-bond acceptors (Lipinski definition) is 5. The first-order chi connectivity index (χ1) is 15.7. The fourth-order valence-electron chi connectivity index (χ4n) is 4.22. The number of nitrogens with one attached hydrogen (secondary N) is 2. The highest BCUT2D eigenvalue weighted by Gasteiger charge is 2.26. The molecule has 0 radical (unpaired) electrons. The summed E-state index contributed by atoms with van der Waals surface area (Å²) in [5.41, 5.74) is 2.54. The summed E-state index contributed by atoms with van der Waals surface area (Å²) in [7, 11) is 0. The van der Waals surface area contributed by atoms with Crippen LogP contribution < -0.4 is 10.6 Å². The van der Waals surface area contributed by atoms with Crippen LogP contribution in [0.4, 0.5) is 5.82 Å². The number of amides is 1. The van der Waals surface area contributed by atoms with E-state index in [1.54, 1.807) is 0 Å². The average Bonchev–Trinajstić information content (AvgIpc) is 3.64. The van der Waals surface area contributed by atoms with Gasteiger partial charge in [-0.25, -0.2) is 4.98 Å². The fraction of sp³-hybridized carbons (Fsp3) is 0.360. The van der Waals surface area contributed by atoms with Crippen molar-refractivity contribution >= 4 is 34.2 Å². The van der Waals surface area contributed by atoms with E-state index in [1.165, 1.54) is 0 Å². The number of para-hydroxylation sites is 1. The summed E-state index contributed by atoms with van der Waals surface area (Å²) in [6, 6.07) is 18.0. The molecule has 1 aliphatic heterocycles. The molecule has 0 spiro atoms. The van der Waals surface area contributed by atoms with Gasteiger partial charge in [-0.05, 0) is 36.6 Å². The molecule has 1 atom stereocenters. The largest absolute Gasteiger partial charge is 0.379 e. The first-order valence-corrected chi connectivity index (χ1v) is 11.6. The molecule has 1 saturated carbocycles. The molecule has 0 bridgehead atoms. The summed E-state index contributed by atoms with van der Waals surface area (Å²) in [4.78, 5) is 20.1. The monoisotopic (exact) mass is 450 g/mol. The smallest absolute Gasteiger partial charge is 0.252 e. The summed E-state index contributed by atoms with van der Waals surface area (Å²) >= 11 is 6.56. The fourth-order valence-corrected chi connectivity index (χ4v) is 4.48. The SMILES string of the molecule is O=C(NC1CC1)c1cc(NCC(c2ccccc2Cl)N2CCOCC2)nc2ccccc12. The molecule has 7 heteroatoms. The molecule has 2 aliphatic rings. The first-order valence-electron chi connectivity index (χ1n) is 11.2. The van der Waals surface area contributed by atoms with E-state index in [2.05, 4.69) is 21.6 Å². The minimum absolute atomic E-state index is 0.0371. The number of anilines is 1. The molecule has 1 saturated heterocycles. The number of morpholine rings is 1. The van der Waals surface area contributed by atoms with Gasteiger partial charge in [0.1, 0.15) is 5.82 Å².